The van der Waals surface area contributed by atoms with E-state index in [9.17, 15) is 14.4 Å². The van der Waals surface area contributed by atoms with Crippen molar-refractivity contribution in [3.05, 3.63) is 28.8 Å². The summed E-state index contributed by atoms with van der Waals surface area (Å²) in [6.45, 7) is 7.10. The Hall–Kier alpha value is -2.12. The second-order valence-corrected chi connectivity index (χ2v) is 5.99. The van der Waals surface area contributed by atoms with Gasteiger partial charge < -0.3 is 21.1 Å². The number of rotatable bonds is 6. The maximum absolute atomic E-state index is 12.0. The number of carbonyl (C=O) groups is 3. The van der Waals surface area contributed by atoms with Crippen LogP contribution in [0, 0.1) is 19.8 Å². The second-order valence-electron chi connectivity index (χ2n) is 5.99. The summed E-state index contributed by atoms with van der Waals surface area (Å²) in [6.07, 6.45) is 0. The summed E-state index contributed by atoms with van der Waals surface area (Å²) in [5, 5.41) is 5.14. The highest BCUT2D eigenvalue weighted by atomic mass is 35.5. The highest BCUT2D eigenvalue weighted by Gasteiger charge is 2.18. The number of anilines is 1. The van der Waals surface area contributed by atoms with Crippen molar-refractivity contribution in [3.63, 3.8) is 0 Å². The summed E-state index contributed by atoms with van der Waals surface area (Å²) in [4.78, 5) is 35.5. The van der Waals surface area contributed by atoms with E-state index in [0.717, 1.165) is 11.1 Å². The SMILES string of the molecule is COC(=O)c1cc(NC(=O)CNC(=O)[C@@H](N)C(C)C)cc(C)c1C.Cl. The predicted octanol–water partition coefficient (Wildman–Crippen LogP) is 1.55. The van der Waals surface area contributed by atoms with Gasteiger partial charge in [-0.15, -0.1) is 12.4 Å². The molecular weight excluding hydrogens is 346 g/mol. The van der Waals surface area contributed by atoms with E-state index < -0.39 is 17.9 Å². The minimum atomic E-state index is -0.662. The third-order valence-corrected chi connectivity index (χ3v) is 3.80. The van der Waals surface area contributed by atoms with Crippen LogP contribution in [0.5, 0.6) is 0 Å². The maximum atomic E-state index is 12.0. The van der Waals surface area contributed by atoms with Crippen LogP contribution in [0.3, 0.4) is 0 Å². The molecule has 0 saturated carbocycles. The number of ether oxygens (including phenoxy) is 1. The monoisotopic (exact) mass is 371 g/mol. The van der Waals surface area contributed by atoms with Crippen LogP contribution in [-0.4, -0.2) is 37.5 Å². The molecule has 0 aromatic heterocycles. The molecule has 0 fully saturated rings. The van der Waals surface area contributed by atoms with Gasteiger partial charge in [-0.25, -0.2) is 4.79 Å². The van der Waals surface area contributed by atoms with E-state index in [2.05, 4.69) is 10.6 Å². The van der Waals surface area contributed by atoms with Crippen LogP contribution in [0.1, 0.15) is 35.3 Å². The number of hydrogen-bond acceptors (Lipinski definition) is 5. The fourth-order valence-corrected chi connectivity index (χ4v) is 2.05. The molecule has 0 aliphatic heterocycles. The first-order chi connectivity index (χ1) is 11.2. The second kappa shape index (κ2) is 10.0. The number of hydrogen-bond donors (Lipinski definition) is 3. The lowest BCUT2D eigenvalue weighted by Crippen LogP contribution is -2.46. The van der Waals surface area contributed by atoms with Crippen LogP contribution < -0.4 is 16.4 Å². The summed E-state index contributed by atoms with van der Waals surface area (Å²) in [5.41, 5.74) is 8.19. The number of nitrogens with one attached hydrogen (secondary N) is 2. The first-order valence-electron chi connectivity index (χ1n) is 7.70. The first kappa shape index (κ1) is 22.9. The summed E-state index contributed by atoms with van der Waals surface area (Å²) in [6, 6.07) is 2.64. The molecule has 1 atom stereocenters. The molecule has 140 valence electrons. The van der Waals surface area contributed by atoms with Gasteiger partial charge in [0, 0.05) is 5.69 Å². The van der Waals surface area contributed by atoms with Gasteiger partial charge >= 0.3 is 5.97 Å². The van der Waals surface area contributed by atoms with E-state index in [1.807, 2.05) is 20.8 Å². The number of carbonyl (C=O) groups excluding carboxylic acids is 3. The van der Waals surface area contributed by atoms with Gasteiger partial charge in [0.05, 0.1) is 25.3 Å². The molecule has 1 rings (SSSR count). The van der Waals surface area contributed by atoms with Crippen LogP contribution in [0.25, 0.3) is 0 Å². The quantitative estimate of drug-likeness (QED) is 0.657. The van der Waals surface area contributed by atoms with Gasteiger partial charge in [0.25, 0.3) is 0 Å². The molecule has 4 N–H and O–H groups in total. The van der Waals surface area contributed by atoms with Crippen molar-refractivity contribution in [3.8, 4) is 0 Å². The van der Waals surface area contributed by atoms with E-state index in [1.54, 1.807) is 19.1 Å². The van der Waals surface area contributed by atoms with Crippen LogP contribution in [0.2, 0.25) is 0 Å². The van der Waals surface area contributed by atoms with Gasteiger partial charge in [-0.05, 0) is 43.0 Å². The van der Waals surface area contributed by atoms with E-state index >= 15 is 0 Å². The highest BCUT2D eigenvalue weighted by molar-refractivity contribution is 5.98. The molecule has 0 heterocycles. The minimum absolute atomic E-state index is 0. The first-order valence-corrected chi connectivity index (χ1v) is 7.70. The predicted molar refractivity (Wildman–Crippen MR) is 99.0 cm³/mol. The molecule has 8 heteroatoms. The third-order valence-electron chi connectivity index (χ3n) is 3.80. The molecule has 2 amide bonds. The number of halogens is 1. The van der Waals surface area contributed by atoms with Gasteiger partial charge in [0.2, 0.25) is 11.8 Å². The summed E-state index contributed by atoms with van der Waals surface area (Å²) >= 11 is 0. The summed E-state index contributed by atoms with van der Waals surface area (Å²) in [5.74, 6) is -1.27. The number of aryl methyl sites for hydroxylation is 1. The molecule has 0 spiro atoms. The Bertz CT molecular complexity index is 647. The van der Waals surface area contributed by atoms with Crippen molar-refractivity contribution in [2.75, 3.05) is 19.0 Å². The molecular formula is C17H26ClN3O4. The van der Waals surface area contributed by atoms with Gasteiger partial charge in [0.15, 0.2) is 0 Å². The Balaban J connectivity index is 0.00000576. The molecule has 25 heavy (non-hydrogen) atoms. The number of nitrogens with two attached hydrogens (primary N) is 1. The van der Waals surface area contributed by atoms with Gasteiger partial charge in [0.1, 0.15) is 0 Å². The number of methoxy groups -OCH3 is 1. The van der Waals surface area contributed by atoms with Crippen LogP contribution in [0.4, 0.5) is 5.69 Å². The molecule has 0 radical (unpaired) electrons. The zero-order valence-corrected chi connectivity index (χ0v) is 16.0. The van der Waals surface area contributed by atoms with Gasteiger partial charge in [-0.2, -0.15) is 0 Å². The Morgan fingerprint density at radius 3 is 2.32 bits per heavy atom. The fraction of sp³-hybridized carbons (Fsp3) is 0.471. The molecule has 7 nitrogen and oxygen atoms in total. The van der Waals surface area contributed by atoms with Crippen LogP contribution in [0.15, 0.2) is 12.1 Å². The lowest BCUT2D eigenvalue weighted by molar-refractivity contribution is -0.125. The standard InChI is InChI=1S/C17H25N3O4.ClH/c1-9(2)15(18)16(22)19-8-14(21)20-12-6-10(3)11(4)13(7-12)17(23)24-5;/h6-7,9,15H,8,18H2,1-5H3,(H,19,22)(H,20,21);1H/t15-;/m0./s1. The van der Waals surface area contributed by atoms with E-state index in [4.69, 9.17) is 10.5 Å². The maximum Gasteiger partial charge on any atom is 0.338 e. The molecule has 1 aromatic carbocycles. The van der Waals surface area contributed by atoms with Crippen molar-refractivity contribution in [2.24, 2.45) is 11.7 Å². The Morgan fingerprint density at radius 2 is 1.80 bits per heavy atom. The number of esters is 1. The Morgan fingerprint density at radius 1 is 1.20 bits per heavy atom. The average molecular weight is 372 g/mol. The largest absolute Gasteiger partial charge is 0.465 e. The average Bonchev–Trinajstić information content (AvgIpc) is 2.54. The zero-order chi connectivity index (χ0) is 18.4. The molecule has 0 aliphatic rings. The van der Waals surface area contributed by atoms with Crippen LogP contribution in [-0.2, 0) is 14.3 Å². The Labute approximate surface area is 154 Å². The fourth-order valence-electron chi connectivity index (χ4n) is 2.05. The van der Waals surface area contributed by atoms with Crippen molar-refractivity contribution in [1.82, 2.24) is 5.32 Å². The topological polar surface area (TPSA) is 111 Å². The number of amides is 2. The Kier molecular flexibility index (Phi) is 9.16. The van der Waals surface area contributed by atoms with Crippen molar-refractivity contribution in [2.45, 2.75) is 33.7 Å². The smallest absolute Gasteiger partial charge is 0.338 e. The number of benzene rings is 1. The normalized spacial score (nSPS) is 11.3. The molecule has 0 bridgehead atoms. The highest BCUT2D eigenvalue weighted by Crippen LogP contribution is 2.20. The lowest BCUT2D eigenvalue weighted by Gasteiger charge is -2.15. The van der Waals surface area contributed by atoms with Crippen molar-refractivity contribution >= 4 is 35.9 Å². The molecule has 0 unspecified atom stereocenters. The zero-order valence-electron chi connectivity index (χ0n) is 15.1. The molecule has 1 aromatic rings. The van der Waals surface area contributed by atoms with Crippen molar-refractivity contribution < 1.29 is 19.1 Å². The van der Waals surface area contributed by atoms with E-state index in [0.29, 0.717) is 11.3 Å². The summed E-state index contributed by atoms with van der Waals surface area (Å²) in [7, 11) is 1.30. The van der Waals surface area contributed by atoms with Gasteiger partial charge in [-0.3, -0.25) is 9.59 Å². The van der Waals surface area contributed by atoms with Crippen molar-refractivity contribution in [1.29, 1.82) is 0 Å². The minimum Gasteiger partial charge on any atom is -0.465 e. The lowest BCUT2D eigenvalue weighted by atomic mass is 10.0. The molecule has 0 saturated heterocycles. The summed E-state index contributed by atoms with van der Waals surface area (Å²) < 4.78 is 4.74. The molecule has 0 aliphatic carbocycles. The van der Waals surface area contributed by atoms with Crippen LogP contribution >= 0.6 is 12.4 Å². The third kappa shape index (κ3) is 6.36. The van der Waals surface area contributed by atoms with E-state index in [1.165, 1.54) is 7.11 Å². The van der Waals surface area contributed by atoms with Gasteiger partial charge in [-0.1, -0.05) is 13.8 Å². The van der Waals surface area contributed by atoms with E-state index in [-0.39, 0.29) is 30.8 Å².